The molecule has 0 saturated carbocycles. The number of carbonyl (C=O) groups excluding carboxylic acids is 2. The van der Waals surface area contributed by atoms with Crippen LogP contribution in [0.15, 0.2) is 103 Å². The van der Waals surface area contributed by atoms with E-state index >= 15 is 0 Å². The van der Waals surface area contributed by atoms with Crippen molar-refractivity contribution in [2.24, 2.45) is 0 Å². The minimum atomic E-state index is -0.260. The summed E-state index contributed by atoms with van der Waals surface area (Å²) in [7, 11) is 0. The number of para-hydroxylation sites is 1. The molecule has 0 bridgehead atoms. The van der Waals surface area contributed by atoms with E-state index in [1.165, 1.54) is 0 Å². The van der Waals surface area contributed by atoms with E-state index in [-0.39, 0.29) is 11.8 Å². The van der Waals surface area contributed by atoms with Crippen LogP contribution in [0.3, 0.4) is 0 Å². The fourth-order valence-corrected chi connectivity index (χ4v) is 3.35. The fraction of sp³-hybridized carbons (Fsp3) is 0.0370. The van der Waals surface area contributed by atoms with Gasteiger partial charge in [0.15, 0.2) is 0 Å². The number of ether oxygens (including phenoxy) is 1. The third kappa shape index (κ3) is 6.21. The van der Waals surface area contributed by atoms with Gasteiger partial charge in [0, 0.05) is 27.5 Å². The summed E-state index contributed by atoms with van der Waals surface area (Å²) in [4.78, 5) is 25.0. The monoisotopic (exact) mass is 456 g/mol. The molecule has 0 heterocycles. The van der Waals surface area contributed by atoms with E-state index in [9.17, 15) is 9.59 Å². The van der Waals surface area contributed by atoms with Crippen LogP contribution >= 0.6 is 11.6 Å². The number of hydrogen-bond acceptors (Lipinski definition) is 3. The highest BCUT2D eigenvalue weighted by atomic mass is 35.5. The molecule has 0 aliphatic rings. The number of nitrogens with one attached hydrogen (secondary N) is 2. The first-order valence-corrected chi connectivity index (χ1v) is 10.7. The summed E-state index contributed by atoms with van der Waals surface area (Å²) in [5.74, 6) is 0.283. The van der Waals surface area contributed by atoms with Gasteiger partial charge in [-0.2, -0.15) is 0 Å². The highest BCUT2D eigenvalue weighted by molar-refractivity contribution is 6.31. The Kier molecular flexibility index (Phi) is 7.03. The van der Waals surface area contributed by atoms with Gasteiger partial charge in [0.25, 0.3) is 11.8 Å². The maximum atomic E-state index is 12.7. The van der Waals surface area contributed by atoms with Crippen molar-refractivity contribution in [1.29, 1.82) is 0 Å². The number of anilines is 2. The number of halogens is 1. The SMILES string of the molecule is O=C(Nc1ccc(NC(=O)c2cccc(COc3ccccc3)c2)cc1)c1cccc(Cl)c1. The van der Waals surface area contributed by atoms with Gasteiger partial charge in [-0.15, -0.1) is 0 Å². The van der Waals surface area contributed by atoms with E-state index in [1.54, 1.807) is 60.7 Å². The van der Waals surface area contributed by atoms with E-state index in [0.29, 0.717) is 34.1 Å². The van der Waals surface area contributed by atoms with E-state index in [4.69, 9.17) is 16.3 Å². The van der Waals surface area contributed by atoms with Crippen molar-refractivity contribution in [2.75, 3.05) is 10.6 Å². The minimum Gasteiger partial charge on any atom is -0.489 e. The molecule has 33 heavy (non-hydrogen) atoms. The molecular formula is C27H21ClN2O3. The van der Waals surface area contributed by atoms with Crippen molar-refractivity contribution < 1.29 is 14.3 Å². The maximum Gasteiger partial charge on any atom is 0.255 e. The predicted molar refractivity (Wildman–Crippen MR) is 131 cm³/mol. The fourth-order valence-electron chi connectivity index (χ4n) is 3.16. The van der Waals surface area contributed by atoms with E-state index in [2.05, 4.69) is 10.6 Å². The van der Waals surface area contributed by atoms with Gasteiger partial charge in [-0.05, 0) is 72.3 Å². The number of benzene rings is 4. The van der Waals surface area contributed by atoms with Crippen LogP contribution in [0.4, 0.5) is 11.4 Å². The van der Waals surface area contributed by atoms with E-state index in [1.807, 2.05) is 42.5 Å². The Labute approximate surface area is 197 Å². The number of amides is 2. The molecule has 0 spiro atoms. The molecular weight excluding hydrogens is 436 g/mol. The Morgan fingerprint density at radius 1 is 0.667 bits per heavy atom. The van der Waals surface area contributed by atoms with Crippen molar-refractivity contribution in [3.8, 4) is 5.75 Å². The Morgan fingerprint density at radius 2 is 1.24 bits per heavy atom. The lowest BCUT2D eigenvalue weighted by atomic mass is 10.1. The maximum absolute atomic E-state index is 12.7. The molecule has 0 aromatic heterocycles. The van der Waals surface area contributed by atoms with Crippen molar-refractivity contribution in [1.82, 2.24) is 0 Å². The smallest absolute Gasteiger partial charge is 0.255 e. The lowest BCUT2D eigenvalue weighted by Crippen LogP contribution is -2.13. The standard InChI is InChI=1S/C27H21ClN2O3/c28-22-9-5-8-21(17-22)27(32)30-24-14-12-23(13-15-24)29-26(31)20-7-4-6-19(16-20)18-33-25-10-2-1-3-11-25/h1-17H,18H2,(H,29,31)(H,30,32). The van der Waals surface area contributed by atoms with Crippen LogP contribution in [-0.2, 0) is 6.61 Å². The number of rotatable bonds is 7. The number of hydrogen-bond donors (Lipinski definition) is 2. The molecule has 4 rings (SSSR count). The zero-order chi connectivity index (χ0) is 23.0. The molecule has 5 nitrogen and oxygen atoms in total. The molecule has 0 fully saturated rings. The molecule has 2 amide bonds. The minimum absolute atomic E-state index is 0.229. The summed E-state index contributed by atoms with van der Waals surface area (Å²) in [5, 5.41) is 6.17. The van der Waals surface area contributed by atoms with Crippen LogP contribution in [0.25, 0.3) is 0 Å². The van der Waals surface area contributed by atoms with Gasteiger partial charge in [0.1, 0.15) is 12.4 Å². The van der Waals surface area contributed by atoms with Crippen LogP contribution < -0.4 is 15.4 Å². The van der Waals surface area contributed by atoms with Crippen molar-refractivity contribution >= 4 is 34.8 Å². The third-order valence-corrected chi connectivity index (χ3v) is 5.06. The summed E-state index contributed by atoms with van der Waals surface area (Å²) in [5.41, 5.74) is 3.12. The molecule has 4 aromatic rings. The lowest BCUT2D eigenvalue weighted by Gasteiger charge is -2.10. The Bertz CT molecular complexity index is 1260. The van der Waals surface area contributed by atoms with Crippen LogP contribution in [0.2, 0.25) is 5.02 Å². The summed E-state index contributed by atoms with van der Waals surface area (Å²) in [6.45, 7) is 0.367. The van der Waals surface area contributed by atoms with Crippen molar-refractivity contribution in [3.63, 3.8) is 0 Å². The first-order valence-electron chi connectivity index (χ1n) is 10.3. The van der Waals surface area contributed by atoms with Gasteiger partial charge in [-0.25, -0.2) is 0 Å². The van der Waals surface area contributed by atoms with Crippen LogP contribution in [0.1, 0.15) is 26.3 Å². The Balaban J connectivity index is 1.35. The molecule has 0 aliphatic heterocycles. The van der Waals surface area contributed by atoms with Gasteiger partial charge < -0.3 is 15.4 Å². The van der Waals surface area contributed by atoms with E-state index < -0.39 is 0 Å². The van der Waals surface area contributed by atoms with Gasteiger partial charge in [-0.1, -0.05) is 48.0 Å². The second-order valence-corrected chi connectivity index (χ2v) is 7.73. The lowest BCUT2D eigenvalue weighted by molar-refractivity contribution is 0.101. The Hall–Kier alpha value is -4.09. The second kappa shape index (κ2) is 10.5. The molecule has 164 valence electrons. The second-order valence-electron chi connectivity index (χ2n) is 7.30. The largest absolute Gasteiger partial charge is 0.489 e. The summed E-state index contributed by atoms with van der Waals surface area (Å²) >= 11 is 5.94. The van der Waals surface area contributed by atoms with Crippen LogP contribution in [0.5, 0.6) is 5.75 Å². The molecule has 0 atom stereocenters. The third-order valence-electron chi connectivity index (χ3n) is 4.83. The molecule has 0 unspecified atom stereocenters. The molecule has 0 aliphatic carbocycles. The summed E-state index contributed by atoms with van der Waals surface area (Å²) in [6.07, 6.45) is 0. The zero-order valence-corrected chi connectivity index (χ0v) is 18.4. The van der Waals surface area contributed by atoms with Gasteiger partial charge >= 0.3 is 0 Å². The van der Waals surface area contributed by atoms with Crippen LogP contribution in [-0.4, -0.2) is 11.8 Å². The summed E-state index contributed by atoms with van der Waals surface area (Å²) < 4.78 is 5.75. The predicted octanol–water partition coefficient (Wildman–Crippen LogP) is 6.42. The average Bonchev–Trinajstić information content (AvgIpc) is 2.85. The molecule has 0 radical (unpaired) electrons. The van der Waals surface area contributed by atoms with Crippen LogP contribution in [0, 0.1) is 0 Å². The van der Waals surface area contributed by atoms with Gasteiger partial charge in [0.05, 0.1) is 0 Å². The van der Waals surface area contributed by atoms with Gasteiger partial charge in [0.2, 0.25) is 0 Å². The van der Waals surface area contributed by atoms with E-state index in [0.717, 1.165) is 11.3 Å². The molecule has 2 N–H and O–H groups in total. The highest BCUT2D eigenvalue weighted by Crippen LogP contribution is 2.18. The molecule has 4 aromatic carbocycles. The first-order chi connectivity index (χ1) is 16.1. The average molecular weight is 457 g/mol. The Morgan fingerprint density at radius 3 is 1.85 bits per heavy atom. The zero-order valence-electron chi connectivity index (χ0n) is 17.6. The van der Waals surface area contributed by atoms with Crippen molar-refractivity contribution in [3.05, 3.63) is 125 Å². The topological polar surface area (TPSA) is 67.4 Å². The van der Waals surface area contributed by atoms with Crippen molar-refractivity contribution in [2.45, 2.75) is 6.61 Å². The van der Waals surface area contributed by atoms with Gasteiger partial charge in [-0.3, -0.25) is 9.59 Å². The first kappa shape index (κ1) is 22.1. The molecule has 0 saturated heterocycles. The summed E-state index contributed by atoms with van der Waals surface area (Å²) in [6, 6.07) is 30.4. The highest BCUT2D eigenvalue weighted by Gasteiger charge is 2.09. The number of carbonyl (C=O) groups is 2. The normalized spacial score (nSPS) is 10.3. The molecule has 6 heteroatoms. The quantitative estimate of drug-likeness (QED) is 0.337.